The average molecular weight is 182 g/mol. The van der Waals surface area contributed by atoms with Crippen LogP contribution in [0.1, 0.15) is 19.3 Å². The third-order valence-electron chi connectivity index (χ3n) is 1.90. The fourth-order valence-electron chi connectivity index (χ4n) is 1.17. The minimum Gasteiger partial charge on any atom is -0.319 e. The van der Waals surface area contributed by atoms with E-state index in [2.05, 4.69) is 5.92 Å². The van der Waals surface area contributed by atoms with Crippen molar-refractivity contribution in [1.82, 2.24) is 5.06 Å². The molecular formula is C9H14N2O2. The van der Waals surface area contributed by atoms with Gasteiger partial charge in [0.05, 0.1) is 12.6 Å². The summed E-state index contributed by atoms with van der Waals surface area (Å²) in [7, 11) is 0. The molecule has 1 fully saturated rings. The van der Waals surface area contributed by atoms with Gasteiger partial charge in [0.2, 0.25) is 0 Å². The largest absolute Gasteiger partial charge is 0.319 e. The second-order valence-electron chi connectivity index (χ2n) is 3.00. The quantitative estimate of drug-likeness (QED) is 0.606. The van der Waals surface area contributed by atoms with Gasteiger partial charge >= 0.3 is 0 Å². The highest BCUT2D eigenvalue weighted by Crippen LogP contribution is 2.07. The maximum atomic E-state index is 11.5. The van der Waals surface area contributed by atoms with Gasteiger partial charge in [-0.15, -0.1) is 12.3 Å². The maximum Gasteiger partial charge on any atom is 0.263 e. The highest BCUT2D eigenvalue weighted by molar-refractivity contribution is 5.81. The molecule has 0 radical (unpaired) electrons. The van der Waals surface area contributed by atoms with Gasteiger partial charge in [0, 0.05) is 13.0 Å². The van der Waals surface area contributed by atoms with Crippen molar-refractivity contribution in [2.24, 2.45) is 5.73 Å². The molecule has 1 aliphatic heterocycles. The molecule has 0 aromatic heterocycles. The number of hydrogen-bond donors (Lipinski definition) is 1. The lowest BCUT2D eigenvalue weighted by molar-refractivity contribution is -0.198. The van der Waals surface area contributed by atoms with Crippen LogP contribution in [0.2, 0.25) is 0 Å². The van der Waals surface area contributed by atoms with Crippen LogP contribution in [-0.2, 0) is 9.63 Å². The molecule has 72 valence electrons. The van der Waals surface area contributed by atoms with Crippen LogP contribution in [0.25, 0.3) is 0 Å². The van der Waals surface area contributed by atoms with E-state index in [1.54, 1.807) is 0 Å². The molecule has 0 aromatic rings. The molecule has 13 heavy (non-hydrogen) atoms. The minimum absolute atomic E-state index is 0.211. The first kappa shape index (κ1) is 10.0. The second-order valence-corrected chi connectivity index (χ2v) is 3.00. The van der Waals surface area contributed by atoms with E-state index in [4.69, 9.17) is 17.0 Å². The predicted molar refractivity (Wildman–Crippen MR) is 48.3 cm³/mol. The lowest BCUT2D eigenvalue weighted by Crippen LogP contribution is -2.45. The zero-order valence-corrected chi connectivity index (χ0v) is 7.53. The van der Waals surface area contributed by atoms with E-state index in [1.807, 2.05) is 0 Å². The van der Waals surface area contributed by atoms with Crippen LogP contribution < -0.4 is 5.73 Å². The fraction of sp³-hybridized carbons (Fsp3) is 0.667. The van der Waals surface area contributed by atoms with E-state index < -0.39 is 6.04 Å². The Labute approximate surface area is 78.0 Å². The molecule has 2 N–H and O–H groups in total. The van der Waals surface area contributed by atoms with Crippen molar-refractivity contribution in [2.75, 3.05) is 13.2 Å². The van der Waals surface area contributed by atoms with Crippen molar-refractivity contribution in [3.63, 3.8) is 0 Å². The van der Waals surface area contributed by atoms with E-state index in [9.17, 15) is 4.79 Å². The second kappa shape index (κ2) is 4.85. The first-order valence-corrected chi connectivity index (χ1v) is 4.39. The summed E-state index contributed by atoms with van der Waals surface area (Å²) in [4.78, 5) is 16.6. The van der Waals surface area contributed by atoms with Gasteiger partial charge in [-0.25, -0.2) is 5.06 Å². The third-order valence-corrected chi connectivity index (χ3v) is 1.90. The molecule has 1 unspecified atom stereocenters. The van der Waals surface area contributed by atoms with Crippen molar-refractivity contribution < 1.29 is 9.63 Å². The monoisotopic (exact) mass is 182 g/mol. The molecule has 0 saturated carbocycles. The van der Waals surface area contributed by atoms with E-state index >= 15 is 0 Å². The zero-order valence-electron chi connectivity index (χ0n) is 7.53. The molecule has 4 heteroatoms. The molecule has 0 bridgehead atoms. The number of carbonyl (C=O) groups excluding carboxylic acids is 1. The Morgan fingerprint density at radius 3 is 3.00 bits per heavy atom. The summed E-state index contributed by atoms with van der Waals surface area (Å²) in [5, 5.41) is 1.32. The van der Waals surface area contributed by atoms with Gasteiger partial charge in [0.1, 0.15) is 0 Å². The summed E-state index contributed by atoms with van der Waals surface area (Å²) >= 11 is 0. The summed E-state index contributed by atoms with van der Waals surface area (Å²) in [6, 6.07) is -0.622. The number of nitrogens with two attached hydrogens (primary N) is 1. The van der Waals surface area contributed by atoms with Crippen LogP contribution in [0, 0.1) is 12.3 Å². The molecule has 1 heterocycles. The normalized spacial score (nSPS) is 19.2. The first-order chi connectivity index (χ1) is 6.25. The standard InChI is InChI=1S/C9H14N2O2/c1-2-5-8(10)9(12)11-6-3-4-7-13-11/h1,8H,3-7,10H2. The van der Waals surface area contributed by atoms with Crippen molar-refractivity contribution in [2.45, 2.75) is 25.3 Å². The maximum absolute atomic E-state index is 11.5. The molecule has 1 amide bonds. The SMILES string of the molecule is C#CCC(N)C(=O)N1CCCCO1. The Hall–Kier alpha value is -1.05. The van der Waals surface area contributed by atoms with Gasteiger partial charge in [-0.05, 0) is 12.8 Å². The molecule has 0 aromatic carbocycles. The van der Waals surface area contributed by atoms with Crippen LogP contribution in [0.5, 0.6) is 0 Å². The Morgan fingerprint density at radius 1 is 1.69 bits per heavy atom. The van der Waals surface area contributed by atoms with E-state index in [0.717, 1.165) is 12.8 Å². The summed E-state index contributed by atoms with van der Waals surface area (Å²) in [5.74, 6) is 2.15. The van der Waals surface area contributed by atoms with Crippen LogP contribution in [0.4, 0.5) is 0 Å². The topological polar surface area (TPSA) is 55.6 Å². The predicted octanol–water partition coefficient (Wildman–Crippen LogP) is -0.109. The van der Waals surface area contributed by atoms with Crippen LogP contribution >= 0.6 is 0 Å². The Balaban J connectivity index is 2.41. The molecule has 0 spiro atoms. The van der Waals surface area contributed by atoms with Gasteiger partial charge < -0.3 is 5.73 Å². The molecule has 1 saturated heterocycles. The number of hydroxylamine groups is 2. The van der Waals surface area contributed by atoms with E-state index in [0.29, 0.717) is 13.2 Å². The van der Waals surface area contributed by atoms with Crippen LogP contribution in [0.15, 0.2) is 0 Å². The van der Waals surface area contributed by atoms with Gasteiger partial charge in [0.15, 0.2) is 0 Å². The Bertz CT molecular complexity index is 216. The van der Waals surface area contributed by atoms with Gasteiger partial charge in [-0.1, -0.05) is 0 Å². The van der Waals surface area contributed by atoms with E-state index in [-0.39, 0.29) is 12.3 Å². The summed E-state index contributed by atoms with van der Waals surface area (Å²) < 4.78 is 0. The number of nitrogens with zero attached hydrogens (tertiary/aromatic N) is 1. The Morgan fingerprint density at radius 2 is 2.46 bits per heavy atom. The summed E-state index contributed by atoms with van der Waals surface area (Å²) in [6.45, 7) is 1.21. The van der Waals surface area contributed by atoms with Crippen molar-refractivity contribution in [1.29, 1.82) is 0 Å². The van der Waals surface area contributed by atoms with Gasteiger partial charge in [0.25, 0.3) is 5.91 Å². The summed E-state index contributed by atoms with van der Waals surface area (Å²) in [6.07, 6.45) is 7.28. The smallest absolute Gasteiger partial charge is 0.263 e. The molecule has 1 atom stereocenters. The lowest BCUT2D eigenvalue weighted by Gasteiger charge is -2.27. The molecule has 0 aliphatic carbocycles. The highest BCUT2D eigenvalue weighted by Gasteiger charge is 2.22. The molecular weight excluding hydrogens is 168 g/mol. The highest BCUT2D eigenvalue weighted by atomic mass is 16.7. The number of hydrogen-bond acceptors (Lipinski definition) is 3. The average Bonchev–Trinajstić information content (AvgIpc) is 2.18. The number of rotatable bonds is 2. The van der Waals surface area contributed by atoms with Crippen molar-refractivity contribution in [3.8, 4) is 12.3 Å². The third kappa shape index (κ3) is 2.72. The molecule has 4 nitrogen and oxygen atoms in total. The number of terminal acetylenes is 1. The summed E-state index contributed by atoms with van der Waals surface area (Å²) in [5.41, 5.74) is 5.54. The number of amides is 1. The van der Waals surface area contributed by atoms with Gasteiger partial charge in [-0.2, -0.15) is 0 Å². The first-order valence-electron chi connectivity index (χ1n) is 4.39. The minimum atomic E-state index is -0.622. The molecule has 1 aliphatic rings. The number of carbonyl (C=O) groups is 1. The van der Waals surface area contributed by atoms with Crippen molar-refractivity contribution >= 4 is 5.91 Å². The van der Waals surface area contributed by atoms with Gasteiger partial charge in [-0.3, -0.25) is 9.63 Å². The van der Waals surface area contributed by atoms with Crippen LogP contribution in [-0.4, -0.2) is 30.2 Å². The fourth-order valence-corrected chi connectivity index (χ4v) is 1.17. The van der Waals surface area contributed by atoms with Crippen molar-refractivity contribution in [3.05, 3.63) is 0 Å². The zero-order chi connectivity index (χ0) is 9.68. The lowest BCUT2D eigenvalue weighted by atomic mass is 10.2. The Kier molecular flexibility index (Phi) is 3.74. The van der Waals surface area contributed by atoms with E-state index in [1.165, 1.54) is 5.06 Å². The van der Waals surface area contributed by atoms with Crippen LogP contribution in [0.3, 0.4) is 0 Å². The molecule has 1 rings (SSSR count).